The molecule has 3 N–H and O–H groups in total. The van der Waals surface area contributed by atoms with E-state index in [1.807, 2.05) is 0 Å². The van der Waals surface area contributed by atoms with Crippen molar-refractivity contribution in [2.45, 2.75) is 32.2 Å². The summed E-state index contributed by atoms with van der Waals surface area (Å²) in [6.07, 6.45) is 3.60. The van der Waals surface area contributed by atoms with Crippen LogP contribution in [0.2, 0.25) is 0 Å². The minimum atomic E-state index is 0. The molecule has 29 heavy (non-hydrogen) atoms. The number of morpholine rings is 1. The van der Waals surface area contributed by atoms with Gasteiger partial charge in [-0.25, -0.2) is 0 Å². The number of hydrogen-bond acceptors (Lipinski definition) is 3. The number of fused-ring (bicyclic) bond motifs is 1. The average Bonchev–Trinajstić information content (AvgIpc) is 3.18. The van der Waals surface area contributed by atoms with Crippen LogP contribution in [-0.4, -0.2) is 43.7 Å². The molecule has 156 valence electrons. The van der Waals surface area contributed by atoms with Gasteiger partial charge in [0.2, 0.25) is 0 Å². The number of benzene rings is 2. The molecular weight excluding hydrogens is 475 g/mol. The zero-order valence-corrected chi connectivity index (χ0v) is 19.4. The fourth-order valence-corrected chi connectivity index (χ4v) is 4.13. The Labute approximate surface area is 190 Å². The molecule has 1 unspecified atom stereocenters. The van der Waals surface area contributed by atoms with Crippen LogP contribution >= 0.6 is 24.0 Å². The van der Waals surface area contributed by atoms with Gasteiger partial charge in [0.1, 0.15) is 0 Å². The van der Waals surface area contributed by atoms with Gasteiger partial charge >= 0.3 is 0 Å². The Kier molecular flexibility index (Phi) is 7.91. The number of aliphatic imine (C=N–C) groups is 1. The number of halogens is 1. The van der Waals surface area contributed by atoms with Gasteiger partial charge in [-0.1, -0.05) is 35.9 Å². The van der Waals surface area contributed by atoms with E-state index < -0.39 is 0 Å². The summed E-state index contributed by atoms with van der Waals surface area (Å²) in [4.78, 5) is 7.13. The molecule has 0 saturated carbocycles. The highest BCUT2D eigenvalue weighted by Crippen LogP contribution is 2.25. The van der Waals surface area contributed by atoms with Crippen molar-refractivity contribution < 1.29 is 4.74 Å². The van der Waals surface area contributed by atoms with Gasteiger partial charge in [0, 0.05) is 18.8 Å². The third kappa shape index (κ3) is 5.71. The number of guanidine groups is 1. The number of nitrogens with two attached hydrogens (primary N) is 1. The first-order valence-corrected chi connectivity index (χ1v) is 10.3. The smallest absolute Gasteiger partial charge is 0.193 e. The van der Waals surface area contributed by atoms with Crippen LogP contribution in [0.25, 0.3) is 0 Å². The highest BCUT2D eigenvalue weighted by molar-refractivity contribution is 14.0. The summed E-state index contributed by atoms with van der Waals surface area (Å²) in [5.41, 5.74) is 12.7. The number of aryl methyl sites for hydroxylation is 3. The first-order valence-electron chi connectivity index (χ1n) is 10.3. The first kappa shape index (κ1) is 22.1. The second-order valence-corrected chi connectivity index (χ2v) is 7.76. The Balaban J connectivity index is 0.00000240. The van der Waals surface area contributed by atoms with Crippen molar-refractivity contribution in [1.82, 2.24) is 4.90 Å². The molecule has 2 aliphatic rings. The molecule has 2 aromatic rings. The van der Waals surface area contributed by atoms with Crippen LogP contribution in [0, 0.1) is 6.92 Å². The number of ether oxygens (including phenoxy) is 1. The lowest BCUT2D eigenvalue weighted by atomic mass is 10.0. The Morgan fingerprint density at radius 2 is 1.83 bits per heavy atom. The average molecular weight is 506 g/mol. The predicted molar refractivity (Wildman–Crippen MR) is 130 cm³/mol. The summed E-state index contributed by atoms with van der Waals surface area (Å²) >= 11 is 0. The van der Waals surface area contributed by atoms with E-state index in [4.69, 9.17) is 10.5 Å². The normalized spacial score (nSPS) is 18.0. The van der Waals surface area contributed by atoms with E-state index >= 15 is 0 Å². The van der Waals surface area contributed by atoms with Crippen LogP contribution < -0.4 is 11.1 Å². The third-order valence-corrected chi connectivity index (χ3v) is 5.75. The van der Waals surface area contributed by atoms with Crippen LogP contribution in [0.4, 0.5) is 5.69 Å². The molecule has 5 nitrogen and oxygen atoms in total. The van der Waals surface area contributed by atoms with E-state index in [0.29, 0.717) is 12.5 Å². The molecule has 1 aliphatic heterocycles. The van der Waals surface area contributed by atoms with E-state index in [2.05, 4.69) is 64.6 Å². The molecule has 4 rings (SSSR count). The van der Waals surface area contributed by atoms with Crippen molar-refractivity contribution in [3.63, 3.8) is 0 Å². The van der Waals surface area contributed by atoms with Crippen LogP contribution in [-0.2, 0) is 17.6 Å². The maximum Gasteiger partial charge on any atom is 0.193 e. The topological polar surface area (TPSA) is 62.9 Å². The van der Waals surface area contributed by atoms with Crippen molar-refractivity contribution in [3.05, 3.63) is 64.7 Å². The van der Waals surface area contributed by atoms with Gasteiger partial charge in [-0.15, -0.1) is 24.0 Å². The zero-order valence-electron chi connectivity index (χ0n) is 17.1. The van der Waals surface area contributed by atoms with E-state index in [1.54, 1.807) is 0 Å². The maximum atomic E-state index is 6.23. The van der Waals surface area contributed by atoms with Gasteiger partial charge in [-0.05, 0) is 55.0 Å². The second-order valence-electron chi connectivity index (χ2n) is 7.76. The highest BCUT2D eigenvalue weighted by atomic mass is 127. The minimum Gasteiger partial charge on any atom is -0.379 e. The highest BCUT2D eigenvalue weighted by Gasteiger charge is 2.22. The third-order valence-electron chi connectivity index (χ3n) is 5.75. The summed E-state index contributed by atoms with van der Waals surface area (Å²) < 4.78 is 5.53. The molecule has 6 heteroatoms. The Morgan fingerprint density at radius 1 is 1.10 bits per heavy atom. The largest absolute Gasteiger partial charge is 0.379 e. The summed E-state index contributed by atoms with van der Waals surface area (Å²) in [7, 11) is 0. The van der Waals surface area contributed by atoms with Crippen molar-refractivity contribution in [2.24, 2.45) is 10.7 Å². The first-order chi connectivity index (χ1) is 13.7. The number of nitrogens with one attached hydrogen (secondary N) is 1. The molecule has 0 radical (unpaired) electrons. The van der Waals surface area contributed by atoms with Crippen molar-refractivity contribution in [1.29, 1.82) is 0 Å². The van der Waals surface area contributed by atoms with Crippen LogP contribution in [0.3, 0.4) is 0 Å². The second kappa shape index (κ2) is 10.4. The lowest BCUT2D eigenvalue weighted by molar-refractivity contribution is 0.0180. The summed E-state index contributed by atoms with van der Waals surface area (Å²) in [5, 5.41) is 3.28. The van der Waals surface area contributed by atoms with E-state index in [0.717, 1.165) is 38.4 Å². The maximum absolute atomic E-state index is 6.23. The molecule has 0 spiro atoms. The summed E-state index contributed by atoms with van der Waals surface area (Å²) in [6, 6.07) is 15.5. The molecular formula is C23H31IN4O. The lowest BCUT2D eigenvalue weighted by Crippen LogP contribution is -2.40. The summed E-state index contributed by atoms with van der Waals surface area (Å²) in [6.45, 7) is 6.14. The molecule has 1 atom stereocenters. The van der Waals surface area contributed by atoms with Crippen molar-refractivity contribution in [3.8, 4) is 0 Å². The zero-order chi connectivity index (χ0) is 19.3. The van der Waals surface area contributed by atoms with E-state index in [9.17, 15) is 0 Å². The number of nitrogens with zero attached hydrogens (tertiary/aromatic N) is 2. The molecule has 2 aromatic carbocycles. The molecule has 1 saturated heterocycles. The molecule has 0 aromatic heterocycles. The fraction of sp³-hybridized carbons (Fsp3) is 0.435. The minimum absolute atomic E-state index is 0. The quantitative estimate of drug-likeness (QED) is 0.367. The standard InChI is InChI=1S/C23H30N4O.HI/c1-17-5-7-19(8-6-17)22(27-11-13-28-14-12-27)16-25-23(24)26-21-10-9-18-3-2-4-20(18)15-21;/h5-10,15,22H,2-4,11-14,16H2,1H3,(H3,24,25,26);1H. The van der Waals surface area contributed by atoms with Gasteiger partial charge in [-0.2, -0.15) is 0 Å². The molecule has 0 bridgehead atoms. The lowest BCUT2D eigenvalue weighted by Gasteiger charge is -2.34. The monoisotopic (exact) mass is 506 g/mol. The fourth-order valence-electron chi connectivity index (χ4n) is 4.13. The number of anilines is 1. The summed E-state index contributed by atoms with van der Waals surface area (Å²) in [5.74, 6) is 0.475. The van der Waals surface area contributed by atoms with Gasteiger partial charge in [0.05, 0.1) is 25.8 Å². The Bertz CT molecular complexity index is 831. The van der Waals surface area contributed by atoms with Gasteiger partial charge in [-0.3, -0.25) is 9.89 Å². The van der Waals surface area contributed by atoms with Crippen LogP contribution in [0.1, 0.15) is 34.7 Å². The van der Waals surface area contributed by atoms with Crippen LogP contribution in [0.15, 0.2) is 47.5 Å². The van der Waals surface area contributed by atoms with Crippen molar-refractivity contribution >= 4 is 35.6 Å². The van der Waals surface area contributed by atoms with Gasteiger partial charge < -0.3 is 15.8 Å². The molecule has 1 fully saturated rings. The van der Waals surface area contributed by atoms with E-state index in [1.165, 1.54) is 35.1 Å². The Morgan fingerprint density at radius 3 is 2.59 bits per heavy atom. The Hall–Kier alpha value is -1.64. The van der Waals surface area contributed by atoms with Crippen molar-refractivity contribution in [2.75, 3.05) is 38.2 Å². The predicted octanol–water partition coefficient (Wildman–Crippen LogP) is 3.90. The van der Waals surface area contributed by atoms with Crippen LogP contribution in [0.5, 0.6) is 0 Å². The van der Waals surface area contributed by atoms with Gasteiger partial charge in [0.25, 0.3) is 0 Å². The van der Waals surface area contributed by atoms with Gasteiger partial charge in [0.15, 0.2) is 5.96 Å². The molecule has 1 aliphatic carbocycles. The number of rotatable bonds is 5. The van der Waals surface area contributed by atoms with E-state index in [-0.39, 0.29) is 30.0 Å². The number of hydrogen-bond donors (Lipinski definition) is 2. The molecule has 1 heterocycles. The SMILES string of the molecule is Cc1ccc(C(CN=C(N)Nc2ccc3c(c2)CCC3)N2CCOCC2)cc1.I. The molecule has 0 amide bonds.